The molecule has 0 radical (unpaired) electrons. The van der Waals surface area contributed by atoms with Gasteiger partial charge in [-0.3, -0.25) is 14.6 Å². The highest BCUT2D eigenvalue weighted by molar-refractivity contribution is 7.21. The Morgan fingerprint density at radius 3 is 2.74 bits per heavy atom. The normalized spacial score (nSPS) is 15.9. The second-order valence-corrected chi connectivity index (χ2v) is 10.8. The quantitative estimate of drug-likeness (QED) is 0.382. The Morgan fingerprint density at radius 2 is 2.00 bits per heavy atom. The number of amides is 2. The first-order chi connectivity index (χ1) is 16.4. The number of hydrogen-bond acceptors (Lipinski definition) is 7. The molecule has 0 bridgehead atoms. The summed E-state index contributed by atoms with van der Waals surface area (Å²) in [5.41, 5.74) is 1.47. The van der Waals surface area contributed by atoms with E-state index in [9.17, 15) is 9.59 Å². The van der Waals surface area contributed by atoms with Gasteiger partial charge in [-0.15, -0.1) is 22.7 Å². The molecule has 1 aliphatic heterocycles. The van der Waals surface area contributed by atoms with Gasteiger partial charge in [-0.2, -0.15) is 0 Å². The summed E-state index contributed by atoms with van der Waals surface area (Å²) < 4.78 is 13.5. The van der Waals surface area contributed by atoms with Crippen LogP contribution >= 0.6 is 22.7 Å². The predicted molar refractivity (Wildman–Crippen MR) is 136 cm³/mol. The van der Waals surface area contributed by atoms with Crippen molar-refractivity contribution in [2.24, 2.45) is 0 Å². The molecule has 0 spiro atoms. The van der Waals surface area contributed by atoms with E-state index in [1.165, 1.54) is 11.3 Å². The van der Waals surface area contributed by atoms with E-state index in [0.717, 1.165) is 37.2 Å². The number of thiophene rings is 2. The molecule has 1 atom stereocenters. The van der Waals surface area contributed by atoms with E-state index < -0.39 is 0 Å². The minimum absolute atomic E-state index is 0.00105. The molecule has 1 aromatic carbocycles. The van der Waals surface area contributed by atoms with E-state index in [-0.39, 0.29) is 17.9 Å². The largest absolute Gasteiger partial charge is 0.456 e. The topological polar surface area (TPSA) is 72.0 Å². The molecule has 34 heavy (non-hydrogen) atoms. The lowest BCUT2D eigenvalue weighted by atomic mass is 10.1. The summed E-state index contributed by atoms with van der Waals surface area (Å²) in [6.07, 6.45) is 2.64. The molecule has 4 aromatic rings. The highest BCUT2D eigenvalue weighted by Crippen LogP contribution is 2.38. The molecule has 3 aromatic heterocycles. The first-order valence-corrected chi connectivity index (χ1v) is 12.6. The van der Waals surface area contributed by atoms with E-state index >= 15 is 0 Å². The summed E-state index contributed by atoms with van der Waals surface area (Å²) in [7, 11) is 5.20. The zero-order valence-corrected chi connectivity index (χ0v) is 21.1. The molecule has 0 aliphatic carbocycles. The number of fused-ring (bicyclic) bond motifs is 2. The van der Waals surface area contributed by atoms with Crippen LogP contribution in [0, 0.1) is 6.92 Å². The maximum absolute atomic E-state index is 13.0. The fourth-order valence-corrected chi connectivity index (χ4v) is 6.36. The molecule has 5 rings (SSSR count). The van der Waals surface area contributed by atoms with Crippen LogP contribution in [0.5, 0.6) is 11.5 Å². The number of benzene rings is 1. The van der Waals surface area contributed by atoms with Crippen molar-refractivity contribution < 1.29 is 19.1 Å². The van der Waals surface area contributed by atoms with Gasteiger partial charge in [0, 0.05) is 61.5 Å². The van der Waals surface area contributed by atoms with E-state index in [2.05, 4.69) is 4.98 Å². The van der Waals surface area contributed by atoms with Gasteiger partial charge in [-0.25, -0.2) is 0 Å². The molecule has 9 heteroatoms. The van der Waals surface area contributed by atoms with Crippen LogP contribution in [-0.4, -0.2) is 67.0 Å². The minimum atomic E-state index is -0.00105. The standard InChI is InChI=1S/C25H25N3O4S2/c1-14-22(25(30)27(2)3)17-6-5-15(11-20(17)33-14)32-19-7-9-26-18-12-21(34-23(18)19)24(29)28-10-8-16(13-28)31-4/h5-7,9,11-12,16H,8,10,13H2,1-4H3/t16-/m1/s1. The zero-order valence-electron chi connectivity index (χ0n) is 19.5. The Bertz CT molecular complexity index is 1410. The van der Waals surface area contributed by atoms with Gasteiger partial charge in [-0.05, 0) is 37.6 Å². The fraction of sp³-hybridized carbons (Fsp3) is 0.320. The molecule has 7 nitrogen and oxygen atoms in total. The molecule has 2 amide bonds. The number of ether oxygens (including phenoxy) is 2. The Labute approximate surface area is 205 Å². The van der Waals surface area contributed by atoms with Crippen LogP contribution in [0.4, 0.5) is 0 Å². The lowest BCUT2D eigenvalue weighted by molar-refractivity contribution is 0.0728. The number of aromatic nitrogens is 1. The van der Waals surface area contributed by atoms with Crippen LogP contribution in [-0.2, 0) is 4.74 Å². The van der Waals surface area contributed by atoms with Crippen molar-refractivity contribution in [1.29, 1.82) is 0 Å². The summed E-state index contributed by atoms with van der Waals surface area (Å²) in [6, 6.07) is 9.42. The third-order valence-electron chi connectivity index (χ3n) is 6.04. The summed E-state index contributed by atoms with van der Waals surface area (Å²) in [5, 5.41) is 0.928. The highest BCUT2D eigenvalue weighted by atomic mass is 32.1. The van der Waals surface area contributed by atoms with E-state index in [4.69, 9.17) is 9.47 Å². The fourth-order valence-electron chi connectivity index (χ4n) is 4.24. The van der Waals surface area contributed by atoms with Gasteiger partial charge in [0.05, 0.1) is 26.8 Å². The molecule has 1 fully saturated rings. The number of likely N-dealkylation sites (tertiary alicyclic amines) is 1. The number of rotatable bonds is 5. The maximum atomic E-state index is 13.0. The minimum Gasteiger partial charge on any atom is -0.456 e. The number of aryl methyl sites for hydroxylation is 1. The van der Waals surface area contributed by atoms with Crippen LogP contribution in [0.25, 0.3) is 20.3 Å². The Hall–Kier alpha value is -3.01. The summed E-state index contributed by atoms with van der Waals surface area (Å²) in [4.78, 5) is 35.1. The van der Waals surface area contributed by atoms with Crippen molar-refractivity contribution in [3.05, 3.63) is 51.8 Å². The van der Waals surface area contributed by atoms with Crippen molar-refractivity contribution in [2.75, 3.05) is 34.3 Å². The average Bonchev–Trinajstić information content (AvgIpc) is 3.54. The van der Waals surface area contributed by atoms with E-state index in [0.29, 0.717) is 29.5 Å². The first-order valence-electron chi connectivity index (χ1n) is 11.0. The van der Waals surface area contributed by atoms with Crippen LogP contribution in [0.2, 0.25) is 0 Å². The molecule has 0 saturated carbocycles. The maximum Gasteiger partial charge on any atom is 0.264 e. The number of pyridine rings is 1. The average molecular weight is 496 g/mol. The molecule has 1 saturated heterocycles. The SMILES string of the molecule is CO[C@@H]1CCN(C(=O)c2cc3nccc(Oc4ccc5c(C(=O)N(C)C)c(C)sc5c4)c3s2)C1. The second kappa shape index (κ2) is 8.98. The first kappa shape index (κ1) is 22.8. The lowest BCUT2D eigenvalue weighted by Crippen LogP contribution is -2.29. The van der Waals surface area contributed by atoms with Gasteiger partial charge in [-0.1, -0.05) is 0 Å². The highest BCUT2D eigenvalue weighted by Gasteiger charge is 2.28. The summed E-state index contributed by atoms with van der Waals surface area (Å²) in [5.74, 6) is 1.33. The number of carbonyl (C=O) groups excluding carboxylic acids is 2. The summed E-state index contributed by atoms with van der Waals surface area (Å²) >= 11 is 2.98. The van der Waals surface area contributed by atoms with Gasteiger partial charge < -0.3 is 19.3 Å². The Morgan fingerprint density at radius 1 is 1.18 bits per heavy atom. The van der Waals surface area contributed by atoms with Crippen molar-refractivity contribution in [3.63, 3.8) is 0 Å². The lowest BCUT2D eigenvalue weighted by Gasteiger charge is -2.14. The van der Waals surface area contributed by atoms with Crippen LogP contribution < -0.4 is 4.74 Å². The third kappa shape index (κ3) is 4.04. The smallest absolute Gasteiger partial charge is 0.264 e. The third-order valence-corrected chi connectivity index (χ3v) is 8.23. The predicted octanol–water partition coefficient (Wildman–Crippen LogP) is 5.17. The van der Waals surface area contributed by atoms with Gasteiger partial charge in [0.25, 0.3) is 11.8 Å². The molecule has 0 unspecified atom stereocenters. The van der Waals surface area contributed by atoms with E-state index in [1.807, 2.05) is 42.2 Å². The van der Waals surface area contributed by atoms with Crippen molar-refractivity contribution >= 4 is 54.8 Å². The van der Waals surface area contributed by atoms with Gasteiger partial charge in [0.2, 0.25) is 0 Å². The van der Waals surface area contributed by atoms with Gasteiger partial charge in [0.1, 0.15) is 11.5 Å². The molecule has 1 aliphatic rings. The van der Waals surface area contributed by atoms with Crippen LogP contribution in [0.15, 0.2) is 36.5 Å². The number of nitrogens with zero attached hydrogens (tertiary/aromatic N) is 3. The van der Waals surface area contributed by atoms with Crippen molar-refractivity contribution in [1.82, 2.24) is 14.8 Å². The zero-order chi connectivity index (χ0) is 24.0. The molecule has 176 valence electrons. The van der Waals surface area contributed by atoms with Crippen molar-refractivity contribution in [3.8, 4) is 11.5 Å². The van der Waals surface area contributed by atoms with Gasteiger partial charge in [0.15, 0.2) is 0 Å². The molecule has 4 heterocycles. The molecular formula is C25H25N3O4S2. The second-order valence-electron chi connectivity index (χ2n) is 8.52. The number of hydrogen-bond donors (Lipinski definition) is 0. The van der Waals surface area contributed by atoms with Gasteiger partial charge >= 0.3 is 0 Å². The monoisotopic (exact) mass is 495 g/mol. The van der Waals surface area contributed by atoms with Crippen LogP contribution in [0.1, 0.15) is 31.3 Å². The molecule has 0 N–H and O–H groups in total. The molecular weight excluding hydrogens is 470 g/mol. The van der Waals surface area contributed by atoms with Crippen LogP contribution in [0.3, 0.4) is 0 Å². The summed E-state index contributed by atoms with van der Waals surface area (Å²) in [6.45, 7) is 3.27. The Balaban J connectivity index is 1.44. The number of carbonyl (C=O) groups is 2. The van der Waals surface area contributed by atoms with Crippen molar-refractivity contribution in [2.45, 2.75) is 19.4 Å². The number of methoxy groups -OCH3 is 1. The van der Waals surface area contributed by atoms with E-state index in [1.54, 1.807) is 43.6 Å². The Kier molecular flexibility index (Phi) is 6.01.